The van der Waals surface area contributed by atoms with Gasteiger partial charge in [-0.1, -0.05) is 0 Å². The first-order chi connectivity index (χ1) is 11.3. The number of carbonyl (C=O) groups excluding carboxylic acids is 2. The molecule has 2 heterocycles. The quantitative estimate of drug-likeness (QED) is 0.634. The van der Waals surface area contributed by atoms with Crippen LogP contribution in [0.2, 0.25) is 0 Å². The van der Waals surface area contributed by atoms with E-state index in [1.807, 2.05) is 5.38 Å². The van der Waals surface area contributed by atoms with Crippen molar-refractivity contribution in [3.05, 3.63) is 22.4 Å². The van der Waals surface area contributed by atoms with Gasteiger partial charge in [-0.05, 0) is 30.7 Å². The topological polar surface area (TPSA) is 76.7 Å². The van der Waals surface area contributed by atoms with Crippen molar-refractivity contribution in [1.29, 1.82) is 0 Å². The molecule has 23 heavy (non-hydrogen) atoms. The summed E-state index contributed by atoms with van der Waals surface area (Å²) in [6.45, 7) is 3.03. The van der Waals surface area contributed by atoms with Gasteiger partial charge in [-0.3, -0.25) is 9.59 Å². The van der Waals surface area contributed by atoms with Crippen molar-refractivity contribution in [3.63, 3.8) is 0 Å². The molecule has 128 valence electrons. The van der Waals surface area contributed by atoms with Gasteiger partial charge in [0.25, 0.3) is 5.91 Å². The molecule has 0 radical (unpaired) electrons. The summed E-state index contributed by atoms with van der Waals surface area (Å²) < 4.78 is 11.0. The zero-order chi connectivity index (χ0) is 16.3. The number of rotatable bonds is 10. The molecule has 1 unspecified atom stereocenters. The number of thiophene rings is 1. The molecule has 0 saturated carbocycles. The van der Waals surface area contributed by atoms with Crippen molar-refractivity contribution in [2.45, 2.75) is 31.8 Å². The van der Waals surface area contributed by atoms with Crippen molar-refractivity contribution in [2.24, 2.45) is 0 Å². The molecule has 0 aromatic carbocycles. The Balaban J connectivity index is 1.41. The highest BCUT2D eigenvalue weighted by Crippen LogP contribution is 2.11. The fourth-order valence-corrected chi connectivity index (χ4v) is 2.90. The molecule has 1 aliphatic heterocycles. The van der Waals surface area contributed by atoms with Crippen LogP contribution in [0.1, 0.15) is 36.0 Å². The van der Waals surface area contributed by atoms with Gasteiger partial charge in [0.15, 0.2) is 0 Å². The summed E-state index contributed by atoms with van der Waals surface area (Å²) in [4.78, 5) is 23.3. The van der Waals surface area contributed by atoms with E-state index in [4.69, 9.17) is 9.47 Å². The summed E-state index contributed by atoms with van der Waals surface area (Å²) in [5, 5.41) is 9.18. The average Bonchev–Trinajstić information content (AvgIpc) is 3.23. The van der Waals surface area contributed by atoms with E-state index in [9.17, 15) is 9.59 Å². The molecule has 2 N–H and O–H groups in total. The molecule has 0 bridgehead atoms. The first kappa shape index (κ1) is 17.9. The van der Waals surface area contributed by atoms with Crippen LogP contribution in [0.25, 0.3) is 0 Å². The number of nitrogens with one attached hydrogen (secondary N) is 2. The lowest BCUT2D eigenvalue weighted by molar-refractivity contribution is -0.121. The molecule has 7 heteroatoms. The number of hydrogen-bond acceptors (Lipinski definition) is 5. The van der Waals surface area contributed by atoms with Crippen LogP contribution >= 0.6 is 11.3 Å². The highest BCUT2D eigenvalue weighted by molar-refractivity contribution is 7.08. The lowest BCUT2D eigenvalue weighted by atomic mass is 10.2. The van der Waals surface area contributed by atoms with E-state index in [0.717, 1.165) is 25.9 Å². The monoisotopic (exact) mass is 340 g/mol. The molecular formula is C16H24N2O4S. The Morgan fingerprint density at radius 1 is 1.35 bits per heavy atom. The van der Waals surface area contributed by atoms with Crippen molar-refractivity contribution >= 4 is 23.2 Å². The van der Waals surface area contributed by atoms with Gasteiger partial charge in [0.1, 0.15) is 0 Å². The second-order valence-electron chi connectivity index (χ2n) is 5.43. The first-order valence-electron chi connectivity index (χ1n) is 8.02. The lowest BCUT2D eigenvalue weighted by Gasteiger charge is -2.10. The Bertz CT molecular complexity index is 472. The molecule has 2 rings (SSSR count). The minimum absolute atomic E-state index is 0.0604. The zero-order valence-corrected chi connectivity index (χ0v) is 14.0. The highest BCUT2D eigenvalue weighted by atomic mass is 32.1. The van der Waals surface area contributed by atoms with E-state index in [0.29, 0.717) is 31.9 Å². The molecule has 2 amide bonds. The van der Waals surface area contributed by atoms with Gasteiger partial charge >= 0.3 is 0 Å². The normalized spacial score (nSPS) is 17.1. The molecule has 1 aromatic heterocycles. The van der Waals surface area contributed by atoms with Crippen LogP contribution in [-0.2, 0) is 14.3 Å². The second-order valence-corrected chi connectivity index (χ2v) is 6.21. The van der Waals surface area contributed by atoms with Gasteiger partial charge < -0.3 is 20.1 Å². The third kappa shape index (κ3) is 7.11. The third-order valence-corrected chi connectivity index (χ3v) is 4.22. The zero-order valence-electron chi connectivity index (χ0n) is 13.2. The highest BCUT2D eigenvalue weighted by Gasteiger charge is 2.14. The number of carbonyl (C=O) groups is 2. The van der Waals surface area contributed by atoms with Crippen LogP contribution in [0.5, 0.6) is 0 Å². The van der Waals surface area contributed by atoms with Crippen LogP contribution in [0, 0.1) is 0 Å². The van der Waals surface area contributed by atoms with Crippen molar-refractivity contribution in [3.8, 4) is 0 Å². The predicted molar refractivity (Wildman–Crippen MR) is 88.7 cm³/mol. The predicted octanol–water partition coefficient (Wildman–Crippen LogP) is 1.57. The summed E-state index contributed by atoms with van der Waals surface area (Å²) in [6, 6.07) is 1.76. The number of hydrogen-bond donors (Lipinski definition) is 2. The molecule has 0 spiro atoms. The molecular weight excluding hydrogens is 316 g/mol. The van der Waals surface area contributed by atoms with Crippen LogP contribution in [0.4, 0.5) is 0 Å². The SMILES string of the molecule is O=C(CCNC(=O)c1ccsc1)NCCCOCC1CCCO1. The van der Waals surface area contributed by atoms with Crippen LogP contribution < -0.4 is 10.6 Å². The summed E-state index contributed by atoms with van der Waals surface area (Å²) >= 11 is 1.47. The maximum absolute atomic E-state index is 11.7. The Morgan fingerprint density at radius 2 is 2.26 bits per heavy atom. The Kier molecular flexibility index (Phi) is 8.06. The van der Waals surface area contributed by atoms with Crippen molar-refractivity contribution in [2.75, 3.05) is 32.9 Å². The van der Waals surface area contributed by atoms with Gasteiger partial charge in [-0.2, -0.15) is 11.3 Å². The Labute approximate surface area is 140 Å². The molecule has 6 nitrogen and oxygen atoms in total. The standard InChI is InChI=1S/C16H24N2O4S/c19-15(4-7-18-16(20)13-5-10-23-12-13)17-6-2-8-21-11-14-3-1-9-22-14/h5,10,12,14H,1-4,6-9,11H2,(H,17,19)(H,18,20). The van der Waals surface area contributed by atoms with E-state index < -0.39 is 0 Å². The van der Waals surface area contributed by atoms with Crippen LogP contribution in [0.15, 0.2) is 16.8 Å². The van der Waals surface area contributed by atoms with E-state index in [2.05, 4.69) is 10.6 Å². The van der Waals surface area contributed by atoms with E-state index in [-0.39, 0.29) is 24.3 Å². The van der Waals surface area contributed by atoms with Crippen molar-refractivity contribution in [1.82, 2.24) is 10.6 Å². The van der Waals surface area contributed by atoms with Gasteiger partial charge in [0.05, 0.1) is 12.7 Å². The maximum atomic E-state index is 11.7. The van der Waals surface area contributed by atoms with Crippen LogP contribution in [0.3, 0.4) is 0 Å². The first-order valence-corrected chi connectivity index (χ1v) is 8.96. The van der Waals surface area contributed by atoms with E-state index in [1.165, 1.54) is 11.3 Å². The lowest BCUT2D eigenvalue weighted by Crippen LogP contribution is -2.31. The smallest absolute Gasteiger partial charge is 0.252 e. The number of amides is 2. The summed E-state index contributed by atoms with van der Waals surface area (Å²) in [5.74, 6) is -0.198. The summed E-state index contributed by atoms with van der Waals surface area (Å²) in [7, 11) is 0. The second kappa shape index (κ2) is 10.4. The molecule has 1 saturated heterocycles. The number of ether oxygens (including phenoxy) is 2. The Morgan fingerprint density at radius 3 is 3.00 bits per heavy atom. The fourth-order valence-electron chi connectivity index (χ4n) is 2.27. The van der Waals surface area contributed by atoms with E-state index in [1.54, 1.807) is 11.4 Å². The Hall–Kier alpha value is -1.44. The summed E-state index contributed by atoms with van der Waals surface area (Å²) in [6.07, 6.45) is 3.50. The van der Waals surface area contributed by atoms with Gasteiger partial charge in [0.2, 0.25) is 5.91 Å². The molecule has 1 aliphatic rings. The van der Waals surface area contributed by atoms with Gasteiger partial charge in [-0.15, -0.1) is 0 Å². The summed E-state index contributed by atoms with van der Waals surface area (Å²) in [5.41, 5.74) is 0.638. The molecule has 1 atom stereocenters. The van der Waals surface area contributed by atoms with Crippen molar-refractivity contribution < 1.29 is 19.1 Å². The van der Waals surface area contributed by atoms with Gasteiger partial charge in [0, 0.05) is 43.7 Å². The van der Waals surface area contributed by atoms with E-state index >= 15 is 0 Å². The fraction of sp³-hybridized carbons (Fsp3) is 0.625. The maximum Gasteiger partial charge on any atom is 0.252 e. The average molecular weight is 340 g/mol. The molecule has 1 fully saturated rings. The van der Waals surface area contributed by atoms with Crippen LogP contribution in [-0.4, -0.2) is 50.8 Å². The molecule has 1 aromatic rings. The molecule has 0 aliphatic carbocycles. The van der Waals surface area contributed by atoms with Gasteiger partial charge in [-0.25, -0.2) is 0 Å². The largest absolute Gasteiger partial charge is 0.379 e. The minimum Gasteiger partial charge on any atom is -0.379 e. The minimum atomic E-state index is -0.137. The third-order valence-electron chi connectivity index (χ3n) is 3.54.